The molecule has 1 atom stereocenters. The number of para-hydroxylation sites is 4. The van der Waals surface area contributed by atoms with Crippen molar-refractivity contribution in [2.45, 2.75) is 158 Å². The van der Waals surface area contributed by atoms with Crippen molar-refractivity contribution in [2.75, 3.05) is 0 Å². The average molecular weight is 840 g/mol. The van der Waals surface area contributed by atoms with E-state index < -0.39 is 0 Å². The first-order chi connectivity index (χ1) is 28.5. The zero-order chi connectivity index (χ0) is 43.7. The van der Waals surface area contributed by atoms with Crippen molar-refractivity contribution in [3.8, 4) is 22.7 Å². The summed E-state index contributed by atoms with van der Waals surface area (Å²) in [4.78, 5) is 0. The minimum atomic E-state index is 0.374. The van der Waals surface area contributed by atoms with Crippen molar-refractivity contribution in [3.63, 3.8) is 0 Å². The van der Waals surface area contributed by atoms with E-state index in [2.05, 4.69) is 227 Å². The van der Waals surface area contributed by atoms with Crippen LogP contribution in [-0.2, 0) is 0 Å². The van der Waals surface area contributed by atoms with Crippen LogP contribution in [0.25, 0.3) is 22.7 Å². The van der Waals surface area contributed by atoms with Gasteiger partial charge in [0.1, 0.15) is 29.0 Å². The summed E-state index contributed by atoms with van der Waals surface area (Å²) in [6, 6.07) is 27.9. The molecule has 0 aliphatic rings. The highest BCUT2D eigenvalue weighted by Crippen LogP contribution is 2.41. The molecular weight excluding hydrogens is 767 g/mol. The number of imidazole rings is 2. The Morgan fingerprint density at radius 1 is 0.383 bits per heavy atom. The Morgan fingerprint density at radius 2 is 0.667 bits per heavy atom. The van der Waals surface area contributed by atoms with Crippen LogP contribution in [0.4, 0.5) is 0 Å². The molecule has 6 rings (SSSR count). The molecule has 60 heavy (non-hydrogen) atoms. The van der Waals surface area contributed by atoms with E-state index in [1.807, 2.05) is 0 Å². The number of benzene rings is 4. The molecule has 0 N–H and O–H groups in total. The zero-order valence-electron chi connectivity index (χ0n) is 39.6. The van der Waals surface area contributed by atoms with Gasteiger partial charge in [0.05, 0.1) is 19.6 Å². The minimum absolute atomic E-state index is 0.374. The van der Waals surface area contributed by atoms with Crippen molar-refractivity contribution in [1.29, 1.82) is 0 Å². The second-order valence-electron chi connectivity index (χ2n) is 19.3. The van der Waals surface area contributed by atoms with Gasteiger partial charge in [-0.05, 0) is 77.5 Å². The van der Waals surface area contributed by atoms with Crippen LogP contribution in [0.2, 0.25) is 0 Å². The van der Waals surface area contributed by atoms with Crippen LogP contribution >= 0.6 is 16.2 Å². The molecular formula is C54H73N4P2+. The van der Waals surface area contributed by atoms with E-state index in [1.165, 1.54) is 85.9 Å². The summed E-state index contributed by atoms with van der Waals surface area (Å²) in [6.07, 6.45) is 9.47. The maximum Gasteiger partial charge on any atom is 0.292 e. The van der Waals surface area contributed by atoms with E-state index >= 15 is 0 Å². The molecule has 1 unspecified atom stereocenters. The van der Waals surface area contributed by atoms with Crippen LogP contribution in [0, 0.1) is 5.20 Å². The summed E-state index contributed by atoms with van der Waals surface area (Å²) in [5.41, 5.74) is 17.8. The molecule has 0 saturated carbocycles. The lowest BCUT2D eigenvalue weighted by molar-refractivity contribution is -0.575. The highest BCUT2D eigenvalue weighted by atomic mass is 32.0. The van der Waals surface area contributed by atoms with E-state index in [0.717, 1.165) is 0 Å². The van der Waals surface area contributed by atoms with E-state index in [0.29, 0.717) is 55.6 Å². The second-order valence-corrected chi connectivity index (χ2v) is 21.9. The second kappa shape index (κ2) is 19.0. The number of nitrogens with zero attached hydrogens (tertiary/aromatic N) is 4. The third-order valence-corrected chi connectivity index (χ3v) is 15.2. The summed E-state index contributed by atoms with van der Waals surface area (Å²) in [5, 5.41) is 1.29. The first-order valence-corrected chi connectivity index (χ1v) is 25.4. The molecule has 0 aliphatic carbocycles. The molecule has 0 spiro atoms. The van der Waals surface area contributed by atoms with Crippen LogP contribution in [0.1, 0.15) is 203 Å². The Bertz CT molecular complexity index is 2230. The molecule has 6 aromatic rings. The van der Waals surface area contributed by atoms with Gasteiger partial charge in [0, 0.05) is 34.6 Å². The summed E-state index contributed by atoms with van der Waals surface area (Å²) in [5.74, 6) is 3.00. The third kappa shape index (κ3) is 8.85. The van der Waals surface area contributed by atoms with Gasteiger partial charge in [-0.15, -0.1) is 0 Å². The Morgan fingerprint density at radius 3 is 0.967 bits per heavy atom. The van der Waals surface area contributed by atoms with Crippen molar-refractivity contribution in [2.24, 2.45) is 0 Å². The van der Waals surface area contributed by atoms with Crippen molar-refractivity contribution < 1.29 is 4.57 Å². The summed E-state index contributed by atoms with van der Waals surface area (Å²) in [7, 11) is 1.68. The molecule has 6 heteroatoms. The third-order valence-electron chi connectivity index (χ3n) is 12.2. The van der Waals surface area contributed by atoms with Crippen LogP contribution in [0.5, 0.6) is 0 Å². The lowest BCUT2D eigenvalue weighted by atomic mass is 9.92. The van der Waals surface area contributed by atoms with Gasteiger partial charge in [-0.2, -0.15) is 9.13 Å². The van der Waals surface area contributed by atoms with E-state index in [4.69, 9.17) is 0 Å². The van der Waals surface area contributed by atoms with Crippen LogP contribution in [-0.4, -0.2) is 13.7 Å². The largest absolute Gasteiger partial charge is 0.297 e. The maximum atomic E-state index is 2.58. The van der Waals surface area contributed by atoms with E-state index in [-0.39, 0.29) is 0 Å². The molecule has 0 radical (unpaired) electrons. The first-order valence-electron chi connectivity index (χ1n) is 22.7. The SMILES string of the molecule is CC(C)c1cccc(C(C)C)c1-n1cc[n+](-c2c(C(C)C)cccc2C(C)C)c1PP=c1n(-c2c(C(C)C)cccc2C(C)C)ccn1-c1c(C(C)C)cccc1C(C)C. The summed E-state index contributed by atoms with van der Waals surface area (Å²) in [6.45, 7) is 37.5. The van der Waals surface area contributed by atoms with Crippen LogP contribution in [0.15, 0.2) is 97.6 Å². The lowest BCUT2D eigenvalue weighted by Crippen LogP contribution is -2.46. The minimum Gasteiger partial charge on any atom is -0.297 e. The quantitative estimate of drug-likeness (QED) is 0.0769. The summed E-state index contributed by atoms with van der Waals surface area (Å²) >= 11 is 0. The van der Waals surface area contributed by atoms with Gasteiger partial charge in [0.2, 0.25) is 0 Å². The zero-order valence-corrected chi connectivity index (χ0v) is 41.5. The van der Waals surface area contributed by atoms with Crippen molar-refractivity contribution in [1.82, 2.24) is 13.7 Å². The Hall–Kier alpha value is -3.97. The average Bonchev–Trinajstić information content (AvgIpc) is 3.82. The Labute approximate surface area is 366 Å². The smallest absolute Gasteiger partial charge is 0.292 e. The normalized spacial score (nSPS) is 12.6. The predicted octanol–water partition coefficient (Wildman–Crippen LogP) is 15.7. The molecule has 4 nitrogen and oxygen atoms in total. The van der Waals surface area contributed by atoms with Gasteiger partial charge in [-0.25, -0.2) is 0 Å². The number of aromatic nitrogens is 4. The highest BCUT2D eigenvalue weighted by molar-refractivity contribution is 8.11. The highest BCUT2D eigenvalue weighted by Gasteiger charge is 2.30. The van der Waals surface area contributed by atoms with Gasteiger partial charge in [0.25, 0.3) is 5.57 Å². The maximum absolute atomic E-state index is 2.58. The van der Waals surface area contributed by atoms with Crippen molar-refractivity contribution >= 4 is 21.7 Å². The van der Waals surface area contributed by atoms with Gasteiger partial charge in [-0.1, -0.05) is 184 Å². The first kappa shape index (κ1) is 45.6. The van der Waals surface area contributed by atoms with Gasteiger partial charge in [0.15, 0.2) is 0 Å². The molecule has 0 saturated heterocycles. The van der Waals surface area contributed by atoms with E-state index in [1.54, 1.807) is 0 Å². The Balaban J connectivity index is 1.80. The molecule has 0 aliphatic heterocycles. The molecule has 0 fully saturated rings. The molecule has 2 heterocycles. The van der Waals surface area contributed by atoms with Crippen LogP contribution in [0.3, 0.4) is 0 Å². The predicted molar refractivity (Wildman–Crippen MR) is 263 cm³/mol. The molecule has 0 bridgehead atoms. The molecule has 318 valence electrons. The Kier molecular flexibility index (Phi) is 14.4. The van der Waals surface area contributed by atoms with Gasteiger partial charge >= 0.3 is 0 Å². The summed E-state index contributed by atoms with van der Waals surface area (Å²) < 4.78 is 10.3. The number of hydrogen-bond acceptors (Lipinski definition) is 0. The number of hydrogen-bond donors (Lipinski definition) is 0. The lowest BCUT2D eigenvalue weighted by Gasteiger charge is -2.23. The van der Waals surface area contributed by atoms with Gasteiger partial charge in [-0.3, -0.25) is 9.13 Å². The van der Waals surface area contributed by atoms with Crippen LogP contribution < -0.4 is 10.1 Å². The fourth-order valence-electron chi connectivity index (χ4n) is 8.96. The topological polar surface area (TPSA) is 18.7 Å². The molecule has 4 aromatic carbocycles. The van der Waals surface area contributed by atoms with Gasteiger partial charge < -0.3 is 0 Å². The fourth-order valence-corrected chi connectivity index (χ4v) is 12.2. The molecule has 0 amide bonds. The van der Waals surface area contributed by atoms with Crippen molar-refractivity contribution in [3.05, 3.63) is 147 Å². The molecule has 2 aromatic heterocycles. The van der Waals surface area contributed by atoms with E-state index in [9.17, 15) is 0 Å². The number of rotatable bonds is 14. The standard InChI is InChI=1S/C54H73N4P2/c1-33(2)41-21-17-22-42(34(3)4)49(41)55-29-30-56(50-43(35(5)6)23-18-24-44(50)36(7)8)53(55)59-60-54-57(51-45(37(9)10)25-19-26-46(51)38(11)12)31-32-58(54)52-47(39(13)14)27-20-28-48(52)40(15)16/h17-40,59H,1-16H3/q+1. The monoisotopic (exact) mass is 840 g/mol. The fraction of sp³-hybridized carbons (Fsp3) is 0.444.